The summed E-state index contributed by atoms with van der Waals surface area (Å²) < 4.78 is 16.1. The van der Waals surface area contributed by atoms with Gasteiger partial charge in [0.1, 0.15) is 5.75 Å². The van der Waals surface area contributed by atoms with Crippen molar-refractivity contribution in [3.63, 3.8) is 0 Å². The number of carbonyl (C=O) groups is 1. The molecule has 3 rings (SSSR count). The average molecular weight is 416 g/mol. The third-order valence-electron chi connectivity index (χ3n) is 4.99. The fraction of sp³-hybridized carbons (Fsp3) is 0.348. The van der Waals surface area contributed by atoms with Crippen molar-refractivity contribution >= 4 is 23.6 Å². The first-order valence-electron chi connectivity index (χ1n) is 9.70. The van der Waals surface area contributed by atoms with Gasteiger partial charge >= 0.3 is 0 Å². The molecule has 1 aliphatic heterocycles. The zero-order chi connectivity index (χ0) is 20.8. The van der Waals surface area contributed by atoms with Gasteiger partial charge in [0.05, 0.1) is 31.9 Å². The van der Waals surface area contributed by atoms with Gasteiger partial charge in [-0.25, -0.2) is 0 Å². The molecular formula is C23H26ClNO4. The SMILES string of the molecule is CCOc1ccc(C2CCCN2C(=O)/C=C/c2cc(Cl)c(OC)c(OC)c2)cc1. The van der Waals surface area contributed by atoms with E-state index in [1.54, 1.807) is 31.4 Å². The molecule has 0 bridgehead atoms. The minimum atomic E-state index is -0.0210. The Kier molecular flexibility index (Phi) is 7.04. The van der Waals surface area contributed by atoms with Crippen molar-refractivity contribution in [1.29, 1.82) is 0 Å². The molecule has 29 heavy (non-hydrogen) atoms. The van der Waals surface area contributed by atoms with Gasteiger partial charge in [-0.2, -0.15) is 0 Å². The molecule has 0 aliphatic carbocycles. The number of ether oxygens (including phenoxy) is 3. The number of benzene rings is 2. The minimum Gasteiger partial charge on any atom is -0.494 e. The normalized spacial score (nSPS) is 16.3. The molecule has 2 aromatic rings. The van der Waals surface area contributed by atoms with Crippen molar-refractivity contribution in [1.82, 2.24) is 4.90 Å². The molecule has 6 heteroatoms. The summed E-state index contributed by atoms with van der Waals surface area (Å²) in [7, 11) is 3.09. The highest BCUT2D eigenvalue weighted by Gasteiger charge is 2.28. The molecule has 1 amide bonds. The summed E-state index contributed by atoms with van der Waals surface area (Å²) in [5.74, 6) is 1.83. The number of hydrogen-bond donors (Lipinski definition) is 0. The maximum Gasteiger partial charge on any atom is 0.247 e. The lowest BCUT2D eigenvalue weighted by Gasteiger charge is -2.24. The lowest BCUT2D eigenvalue weighted by atomic mass is 10.0. The quantitative estimate of drug-likeness (QED) is 0.588. The van der Waals surface area contributed by atoms with Gasteiger partial charge < -0.3 is 19.1 Å². The average Bonchev–Trinajstić information content (AvgIpc) is 3.22. The predicted molar refractivity (Wildman–Crippen MR) is 115 cm³/mol. The van der Waals surface area contributed by atoms with E-state index in [0.717, 1.165) is 36.3 Å². The highest BCUT2D eigenvalue weighted by Crippen LogP contribution is 2.37. The number of likely N-dealkylation sites (tertiary alicyclic amines) is 1. The molecule has 1 fully saturated rings. The van der Waals surface area contributed by atoms with Gasteiger partial charge in [0.25, 0.3) is 0 Å². The molecular weight excluding hydrogens is 390 g/mol. The van der Waals surface area contributed by atoms with Crippen LogP contribution < -0.4 is 14.2 Å². The fourth-order valence-electron chi connectivity index (χ4n) is 3.63. The van der Waals surface area contributed by atoms with Gasteiger partial charge in [-0.3, -0.25) is 4.79 Å². The minimum absolute atomic E-state index is 0.0210. The molecule has 0 N–H and O–H groups in total. The van der Waals surface area contributed by atoms with Crippen LogP contribution in [-0.2, 0) is 4.79 Å². The van der Waals surface area contributed by atoms with Crippen LogP contribution in [0.15, 0.2) is 42.5 Å². The van der Waals surface area contributed by atoms with Crippen LogP contribution in [0.3, 0.4) is 0 Å². The van der Waals surface area contributed by atoms with E-state index >= 15 is 0 Å². The van der Waals surface area contributed by atoms with Crippen molar-refractivity contribution < 1.29 is 19.0 Å². The lowest BCUT2D eigenvalue weighted by molar-refractivity contribution is -0.126. The van der Waals surface area contributed by atoms with E-state index in [-0.39, 0.29) is 11.9 Å². The second kappa shape index (κ2) is 9.70. The molecule has 1 atom stereocenters. The maximum absolute atomic E-state index is 12.9. The third-order valence-corrected chi connectivity index (χ3v) is 5.27. The molecule has 1 unspecified atom stereocenters. The smallest absolute Gasteiger partial charge is 0.247 e. The van der Waals surface area contributed by atoms with Crippen LogP contribution in [0.1, 0.15) is 36.9 Å². The van der Waals surface area contributed by atoms with Crippen LogP contribution in [0.25, 0.3) is 6.08 Å². The summed E-state index contributed by atoms with van der Waals surface area (Å²) in [5.41, 5.74) is 1.90. The predicted octanol–water partition coefficient (Wildman–Crippen LogP) is 5.13. The summed E-state index contributed by atoms with van der Waals surface area (Å²) >= 11 is 6.25. The van der Waals surface area contributed by atoms with Gasteiger partial charge in [0, 0.05) is 12.6 Å². The zero-order valence-corrected chi connectivity index (χ0v) is 17.7. The third kappa shape index (κ3) is 4.85. The Hall–Kier alpha value is -2.66. The van der Waals surface area contributed by atoms with E-state index in [4.69, 9.17) is 25.8 Å². The Morgan fingerprint density at radius 3 is 2.62 bits per heavy atom. The van der Waals surface area contributed by atoms with Crippen LogP contribution in [0.2, 0.25) is 5.02 Å². The van der Waals surface area contributed by atoms with Crippen LogP contribution in [0.4, 0.5) is 0 Å². The first kappa shape index (κ1) is 21.1. The number of carbonyl (C=O) groups excluding carboxylic acids is 1. The molecule has 0 radical (unpaired) electrons. The van der Waals surface area contributed by atoms with Crippen molar-refractivity contribution in [2.24, 2.45) is 0 Å². The van der Waals surface area contributed by atoms with Crippen LogP contribution in [0, 0.1) is 0 Å². The molecule has 1 heterocycles. The second-order valence-corrected chi connectivity index (χ2v) is 7.17. The van der Waals surface area contributed by atoms with E-state index in [1.165, 1.54) is 7.11 Å². The van der Waals surface area contributed by atoms with Crippen molar-refractivity contribution in [3.8, 4) is 17.2 Å². The summed E-state index contributed by atoms with van der Waals surface area (Å²) in [6.45, 7) is 3.34. The van der Waals surface area contributed by atoms with Gasteiger partial charge in [-0.15, -0.1) is 0 Å². The Bertz CT molecular complexity index is 879. The second-order valence-electron chi connectivity index (χ2n) is 6.76. The number of rotatable bonds is 7. The lowest BCUT2D eigenvalue weighted by Crippen LogP contribution is -2.28. The van der Waals surface area contributed by atoms with Gasteiger partial charge in [-0.05, 0) is 61.2 Å². The molecule has 0 saturated carbocycles. The van der Waals surface area contributed by atoms with E-state index < -0.39 is 0 Å². The molecule has 0 spiro atoms. The number of nitrogens with zero attached hydrogens (tertiary/aromatic N) is 1. The van der Waals surface area contributed by atoms with Crippen LogP contribution in [0.5, 0.6) is 17.2 Å². The van der Waals surface area contributed by atoms with Crippen LogP contribution >= 0.6 is 11.6 Å². The Labute approximate surface area is 176 Å². The number of halogens is 1. The summed E-state index contributed by atoms with van der Waals surface area (Å²) in [6, 6.07) is 11.6. The van der Waals surface area contributed by atoms with Crippen LogP contribution in [-0.4, -0.2) is 38.2 Å². The van der Waals surface area contributed by atoms with Crippen molar-refractivity contribution in [2.75, 3.05) is 27.4 Å². The summed E-state index contributed by atoms with van der Waals surface area (Å²) in [5, 5.41) is 0.437. The molecule has 154 valence electrons. The maximum atomic E-state index is 12.9. The van der Waals surface area contributed by atoms with E-state index in [2.05, 4.69) is 0 Å². The van der Waals surface area contributed by atoms with E-state index in [9.17, 15) is 4.79 Å². The Morgan fingerprint density at radius 1 is 1.21 bits per heavy atom. The standard InChI is InChI=1S/C23H26ClNO4/c1-4-29-18-10-8-17(9-11-18)20-6-5-13-25(20)22(26)12-7-16-14-19(24)23(28-3)21(15-16)27-2/h7-12,14-15,20H,4-6,13H2,1-3H3/b12-7+. The zero-order valence-electron chi connectivity index (χ0n) is 17.0. The van der Waals surface area contributed by atoms with E-state index in [1.807, 2.05) is 36.1 Å². The van der Waals surface area contributed by atoms with Gasteiger partial charge in [-0.1, -0.05) is 23.7 Å². The first-order chi connectivity index (χ1) is 14.1. The van der Waals surface area contributed by atoms with Crippen molar-refractivity contribution in [2.45, 2.75) is 25.8 Å². The fourth-order valence-corrected chi connectivity index (χ4v) is 3.92. The van der Waals surface area contributed by atoms with Gasteiger partial charge in [0.2, 0.25) is 5.91 Å². The summed E-state index contributed by atoms with van der Waals surface area (Å²) in [6.07, 6.45) is 5.28. The Morgan fingerprint density at radius 2 is 1.97 bits per heavy atom. The van der Waals surface area contributed by atoms with E-state index in [0.29, 0.717) is 23.1 Å². The highest BCUT2D eigenvalue weighted by molar-refractivity contribution is 6.32. The largest absolute Gasteiger partial charge is 0.494 e. The highest BCUT2D eigenvalue weighted by atomic mass is 35.5. The van der Waals surface area contributed by atoms with Crippen molar-refractivity contribution in [3.05, 3.63) is 58.6 Å². The summed E-state index contributed by atoms with van der Waals surface area (Å²) in [4.78, 5) is 14.8. The molecule has 5 nitrogen and oxygen atoms in total. The molecule has 2 aromatic carbocycles. The number of methoxy groups -OCH3 is 2. The Balaban J connectivity index is 1.75. The molecule has 1 aliphatic rings. The first-order valence-corrected chi connectivity index (χ1v) is 10.1. The molecule has 0 aromatic heterocycles. The number of amides is 1. The topological polar surface area (TPSA) is 48.0 Å². The van der Waals surface area contributed by atoms with Gasteiger partial charge in [0.15, 0.2) is 11.5 Å². The monoisotopic (exact) mass is 415 g/mol. The molecule has 1 saturated heterocycles. The number of hydrogen-bond acceptors (Lipinski definition) is 4.